The fourth-order valence-corrected chi connectivity index (χ4v) is 6.77. The Hall–Kier alpha value is -9.59. The van der Waals surface area contributed by atoms with Gasteiger partial charge in [0.25, 0.3) is 0 Å². The van der Waals surface area contributed by atoms with Crippen LogP contribution in [0.25, 0.3) is 11.1 Å². The number of carbonyl (C=O) groups is 5. The highest BCUT2D eigenvalue weighted by molar-refractivity contribution is 6.08. The molecule has 0 radical (unpaired) electrons. The van der Waals surface area contributed by atoms with Gasteiger partial charge >= 0.3 is 29.8 Å². The molecule has 2 aliphatic heterocycles. The molecule has 26 nitrogen and oxygen atoms in total. The average molecular weight is 939 g/mol. The van der Waals surface area contributed by atoms with Gasteiger partial charge in [0, 0.05) is 11.1 Å². The van der Waals surface area contributed by atoms with Crippen molar-refractivity contribution in [3.63, 3.8) is 0 Å². The van der Waals surface area contributed by atoms with E-state index in [4.69, 9.17) is 28.4 Å². The molecule has 0 aliphatic carbocycles. The quantitative estimate of drug-likeness (QED) is 0.0654. The highest BCUT2D eigenvalue weighted by Gasteiger charge is 2.55. The summed E-state index contributed by atoms with van der Waals surface area (Å²) in [7, 11) is 0. The van der Waals surface area contributed by atoms with Crippen molar-refractivity contribution in [2.24, 2.45) is 0 Å². The van der Waals surface area contributed by atoms with E-state index in [1.807, 2.05) is 0 Å². The van der Waals surface area contributed by atoms with E-state index in [1.165, 1.54) is 0 Å². The molecule has 350 valence electrons. The molecule has 0 bridgehead atoms. The lowest BCUT2D eigenvalue weighted by Gasteiger charge is -2.43. The van der Waals surface area contributed by atoms with Gasteiger partial charge in [-0.2, -0.15) is 0 Å². The van der Waals surface area contributed by atoms with Crippen LogP contribution in [0.5, 0.6) is 86.2 Å². The van der Waals surface area contributed by atoms with Gasteiger partial charge in [-0.1, -0.05) is 0 Å². The maximum Gasteiger partial charge on any atom is 0.340 e. The first-order chi connectivity index (χ1) is 31.5. The Morgan fingerprint density at radius 1 is 0.433 bits per heavy atom. The van der Waals surface area contributed by atoms with Crippen LogP contribution in [0.15, 0.2) is 48.5 Å². The number of phenols is 15. The van der Waals surface area contributed by atoms with Crippen LogP contribution in [0.3, 0.4) is 0 Å². The lowest BCUT2D eigenvalue weighted by molar-refractivity contribution is -0.282. The van der Waals surface area contributed by atoms with E-state index in [9.17, 15) is 101 Å². The molecular formula is C41H30O26. The zero-order chi connectivity index (χ0) is 49.1. The molecule has 0 saturated carbocycles. The van der Waals surface area contributed by atoms with E-state index in [0.717, 1.165) is 0 Å². The van der Waals surface area contributed by atoms with Gasteiger partial charge in [-0.3, -0.25) is 0 Å². The minimum atomic E-state index is -2.55. The lowest BCUT2D eigenvalue weighted by Crippen LogP contribution is -2.63. The first-order valence-corrected chi connectivity index (χ1v) is 18.5. The van der Waals surface area contributed by atoms with Gasteiger partial charge in [0.15, 0.2) is 87.0 Å². The third-order valence-corrected chi connectivity index (χ3v) is 10.0. The number of esters is 5. The summed E-state index contributed by atoms with van der Waals surface area (Å²) in [6, 6.07) is 4.13. The molecule has 2 heterocycles. The van der Waals surface area contributed by atoms with Crippen molar-refractivity contribution in [3.8, 4) is 97.4 Å². The van der Waals surface area contributed by atoms with Gasteiger partial charge in [0.2, 0.25) is 23.9 Å². The molecule has 5 atom stereocenters. The molecule has 0 aromatic heterocycles. The van der Waals surface area contributed by atoms with Crippen LogP contribution in [-0.2, 0) is 28.4 Å². The Kier molecular flexibility index (Phi) is 11.4. The van der Waals surface area contributed by atoms with E-state index in [-0.39, 0.29) is 0 Å². The normalized spacial score (nSPS) is 19.0. The number of phenolic OH excluding ortho intramolecular Hbond substituents is 15. The monoisotopic (exact) mass is 938 g/mol. The molecule has 1 fully saturated rings. The topological polar surface area (TPSA) is 444 Å². The zero-order valence-corrected chi connectivity index (χ0v) is 32.9. The second kappa shape index (κ2) is 16.8. The van der Waals surface area contributed by atoms with Crippen molar-refractivity contribution in [1.82, 2.24) is 0 Å². The lowest BCUT2D eigenvalue weighted by atomic mass is 9.92. The molecule has 26 heteroatoms. The van der Waals surface area contributed by atoms with Crippen LogP contribution >= 0.6 is 0 Å². The molecular weight excluding hydrogens is 908 g/mol. The summed E-state index contributed by atoms with van der Waals surface area (Å²) in [4.78, 5) is 69.7. The number of ether oxygens (including phenoxy) is 6. The summed E-state index contributed by atoms with van der Waals surface area (Å²) in [5.41, 5.74) is -6.64. The Morgan fingerprint density at radius 3 is 1.18 bits per heavy atom. The van der Waals surface area contributed by atoms with Crippen LogP contribution in [0.1, 0.15) is 51.8 Å². The van der Waals surface area contributed by atoms with E-state index in [1.54, 1.807) is 0 Å². The van der Waals surface area contributed by atoms with Crippen LogP contribution in [0.2, 0.25) is 0 Å². The minimum Gasteiger partial charge on any atom is -0.504 e. The first kappa shape index (κ1) is 45.4. The fourth-order valence-electron chi connectivity index (χ4n) is 6.77. The second-order valence-electron chi connectivity index (χ2n) is 14.3. The van der Waals surface area contributed by atoms with E-state index in [0.29, 0.717) is 48.5 Å². The van der Waals surface area contributed by atoms with Gasteiger partial charge < -0.3 is 105 Å². The number of aromatic hydroxyl groups is 15. The smallest absolute Gasteiger partial charge is 0.340 e. The molecule has 15 N–H and O–H groups in total. The summed E-state index contributed by atoms with van der Waals surface area (Å²) < 4.78 is 33.4. The molecule has 0 amide bonds. The Labute approximate surface area is 369 Å². The first-order valence-electron chi connectivity index (χ1n) is 18.5. The van der Waals surface area contributed by atoms with Crippen molar-refractivity contribution >= 4 is 29.8 Å². The van der Waals surface area contributed by atoms with Crippen LogP contribution < -0.4 is 0 Å². The van der Waals surface area contributed by atoms with Crippen molar-refractivity contribution in [3.05, 3.63) is 76.3 Å². The van der Waals surface area contributed by atoms with Gasteiger partial charge in [0.1, 0.15) is 12.7 Å². The Bertz CT molecular complexity index is 2870. The number of benzene rings is 5. The third-order valence-electron chi connectivity index (χ3n) is 10.0. The van der Waals surface area contributed by atoms with E-state index in [2.05, 4.69) is 0 Å². The molecule has 5 aromatic carbocycles. The molecule has 7 rings (SSSR count). The van der Waals surface area contributed by atoms with E-state index < -0.39 is 192 Å². The zero-order valence-electron chi connectivity index (χ0n) is 32.9. The maximum absolute atomic E-state index is 14.4. The highest BCUT2D eigenvalue weighted by atomic mass is 16.7. The molecule has 0 unspecified atom stereocenters. The Balaban J connectivity index is 1.44. The number of carbonyl (C=O) groups excluding carboxylic acids is 5. The van der Waals surface area contributed by atoms with Crippen molar-refractivity contribution in [2.75, 3.05) is 6.61 Å². The van der Waals surface area contributed by atoms with E-state index >= 15 is 0 Å². The molecule has 0 spiro atoms. The molecule has 2 aliphatic rings. The summed E-state index contributed by atoms with van der Waals surface area (Å²) in [6.45, 7) is -1.26. The average Bonchev–Trinajstić information content (AvgIpc) is 3.29. The standard InChI is InChI=1S/C41H30O26/c42-15-1-10(2-16(43)26(15)50)36(57)65-34-33-23(9-62-39(60)13-7-21(48)29(53)31(55)24(13)25-14(40(61)64-33)8-22(49)30(54)32(25)56)63-41(67-38(59)12-5-19(46)28(52)20(47)6-12)35(34)66-37(58)11-3-17(44)27(51)18(45)4-11/h1-8,23,33-35,41-56H,9H2/t23-,33+,34-,35-,41-/m0/s1. The predicted molar refractivity (Wildman–Crippen MR) is 208 cm³/mol. The van der Waals surface area contributed by atoms with Crippen LogP contribution in [0, 0.1) is 0 Å². The third kappa shape index (κ3) is 8.12. The maximum atomic E-state index is 14.4. The van der Waals surface area contributed by atoms with Crippen molar-refractivity contribution in [2.45, 2.75) is 30.7 Å². The van der Waals surface area contributed by atoms with Crippen molar-refractivity contribution in [1.29, 1.82) is 0 Å². The number of hydrogen-bond donors (Lipinski definition) is 15. The van der Waals surface area contributed by atoms with Crippen LogP contribution in [0.4, 0.5) is 0 Å². The SMILES string of the molecule is O=C(O[C@@H]1O[C@H]2COC(=O)c3cc(O)c(O)c(O)c3-c3c(cc(O)c(O)c3O)C(=O)O[C@H]2[C@H](OC(=O)c2cc(O)c(O)c(O)c2)[C@@H]1OC(=O)c1cc(O)c(O)c(O)c1)c1cc(O)c(O)c(O)c1. The van der Waals surface area contributed by atoms with Gasteiger partial charge in [0.05, 0.1) is 27.8 Å². The summed E-state index contributed by atoms with van der Waals surface area (Å²) in [6.07, 6.45) is -12.2. The largest absolute Gasteiger partial charge is 0.504 e. The molecule has 1 saturated heterocycles. The summed E-state index contributed by atoms with van der Waals surface area (Å²) >= 11 is 0. The van der Waals surface area contributed by atoms with Crippen molar-refractivity contribution < 1.29 is 129 Å². The predicted octanol–water partition coefficient (Wildman–Crippen LogP) is 1.67. The number of hydrogen-bond acceptors (Lipinski definition) is 26. The number of rotatable bonds is 6. The molecule has 5 aromatic rings. The van der Waals surface area contributed by atoms with Gasteiger partial charge in [-0.15, -0.1) is 0 Å². The molecule has 67 heavy (non-hydrogen) atoms. The van der Waals surface area contributed by atoms with Gasteiger partial charge in [-0.05, 0) is 48.5 Å². The number of fused-ring (bicyclic) bond motifs is 4. The summed E-state index contributed by atoms with van der Waals surface area (Å²) in [5, 5.41) is 154. The minimum absolute atomic E-state index is 0.402. The summed E-state index contributed by atoms with van der Waals surface area (Å²) in [5.74, 6) is -26.5. The number of cyclic esters (lactones) is 1. The van der Waals surface area contributed by atoms with Crippen LogP contribution in [-0.4, -0.2) is 144 Å². The second-order valence-corrected chi connectivity index (χ2v) is 14.3. The van der Waals surface area contributed by atoms with Gasteiger partial charge in [-0.25, -0.2) is 24.0 Å². The highest BCUT2D eigenvalue weighted by Crippen LogP contribution is 2.53. The fraction of sp³-hybridized carbons (Fsp3) is 0.146. The Morgan fingerprint density at radius 2 is 0.776 bits per heavy atom.